The lowest BCUT2D eigenvalue weighted by Gasteiger charge is -2.24. The van der Waals surface area contributed by atoms with Crippen LogP contribution in [0.4, 0.5) is 0 Å². The average molecular weight is 497 g/mol. The first kappa shape index (κ1) is 32.0. The second-order valence-electron chi connectivity index (χ2n) is 9.38. The second-order valence-corrected chi connectivity index (χ2v) is 10.8. The molecule has 2 atom stereocenters. The lowest BCUT2D eigenvalue weighted by molar-refractivity contribution is -0.870. The molecule has 33 heavy (non-hydrogen) atoms. The largest absolute Gasteiger partial charge is 0.472 e. The number of hydrogen-bond donors (Lipinski definition) is 1. The Morgan fingerprint density at radius 3 is 2.00 bits per heavy atom. The number of carbonyl (C=O) groups is 2. The van der Waals surface area contributed by atoms with Gasteiger partial charge in [0.15, 0.2) is 6.10 Å². The zero-order valence-electron chi connectivity index (χ0n) is 21.4. The molecule has 9 nitrogen and oxygen atoms in total. The molecule has 0 saturated heterocycles. The molecule has 0 aliphatic carbocycles. The maximum Gasteiger partial charge on any atom is 0.472 e. The molecule has 0 aliphatic heterocycles. The van der Waals surface area contributed by atoms with Crippen molar-refractivity contribution in [2.75, 3.05) is 47.5 Å². The fourth-order valence-corrected chi connectivity index (χ4v) is 3.61. The minimum absolute atomic E-state index is 0.0329. The summed E-state index contributed by atoms with van der Waals surface area (Å²) in [5.41, 5.74) is 0. The van der Waals surface area contributed by atoms with Gasteiger partial charge in [0.1, 0.15) is 19.8 Å². The van der Waals surface area contributed by atoms with E-state index in [1.807, 2.05) is 28.1 Å². The van der Waals surface area contributed by atoms with E-state index >= 15 is 0 Å². The van der Waals surface area contributed by atoms with Crippen LogP contribution in [-0.2, 0) is 32.7 Å². The van der Waals surface area contributed by atoms with E-state index in [1.165, 1.54) is 32.1 Å². The van der Waals surface area contributed by atoms with Crippen molar-refractivity contribution in [2.45, 2.75) is 90.6 Å². The third-order valence-electron chi connectivity index (χ3n) is 4.86. The van der Waals surface area contributed by atoms with Gasteiger partial charge in [0.2, 0.25) is 0 Å². The van der Waals surface area contributed by atoms with Gasteiger partial charge in [-0.1, -0.05) is 58.8 Å². The number of esters is 2. The van der Waals surface area contributed by atoms with E-state index in [0.717, 1.165) is 19.3 Å². The lowest BCUT2D eigenvalue weighted by atomic mass is 10.1. The average Bonchev–Trinajstić information content (AvgIpc) is 2.71. The molecule has 0 bridgehead atoms. The Bertz CT molecular complexity index is 579. The maximum absolute atomic E-state index is 12.1. The standard InChI is InChI=1S/C23H46NO8P/c1-6-8-9-10-11-12-13-14-16-22(25)29-19-21(32-23(26)15-7-2)20-31-33(27,28)30-18-17-24(3,4)5/h21H,6-20H2,1-5H3/p+1/t21-/m1/s1. The lowest BCUT2D eigenvalue weighted by Crippen LogP contribution is -2.37. The molecular weight excluding hydrogens is 449 g/mol. The van der Waals surface area contributed by atoms with E-state index in [-0.39, 0.29) is 32.0 Å². The fraction of sp³-hybridized carbons (Fsp3) is 0.913. The van der Waals surface area contributed by atoms with Crippen molar-refractivity contribution < 1.29 is 42.1 Å². The normalized spacial score (nSPS) is 14.5. The molecule has 0 heterocycles. The van der Waals surface area contributed by atoms with Crippen LogP contribution in [0.25, 0.3) is 0 Å². The number of rotatable bonds is 21. The van der Waals surface area contributed by atoms with E-state index in [9.17, 15) is 19.0 Å². The third kappa shape index (κ3) is 21.3. The third-order valence-corrected chi connectivity index (χ3v) is 5.84. The molecule has 0 spiro atoms. The van der Waals surface area contributed by atoms with Crippen LogP contribution < -0.4 is 0 Å². The fourth-order valence-electron chi connectivity index (χ4n) is 2.87. The number of unbranched alkanes of at least 4 members (excludes halogenated alkanes) is 7. The maximum atomic E-state index is 12.1. The molecule has 196 valence electrons. The van der Waals surface area contributed by atoms with Crippen molar-refractivity contribution in [2.24, 2.45) is 0 Å². The Hall–Kier alpha value is -0.990. The predicted octanol–water partition coefficient (Wildman–Crippen LogP) is 4.61. The number of nitrogens with zero attached hydrogens (tertiary/aromatic N) is 1. The summed E-state index contributed by atoms with van der Waals surface area (Å²) in [5.74, 6) is -0.868. The van der Waals surface area contributed by atoms with E-state index in [2.05, 4.69) is 6.92 Å². The molecule has 0 saturated carbocycles. The predicted molar refractivity (Wildman–Crippen MR) is 128 cm³/mol. The first-order valence-corrected chi connectivity index (χ1v) is 13.8. The van der Waals surface area contributed by atoms with Gasteiger partial charge in [-0.05, 0) is 12.8 Å². The number of phosphoric ester groups is 1. The highest BCUT2D eigenvalue weighted by atomic mass is 31.2. The first-order chi connectivity index (χ1) is 15.5. The molecule has 1 unspecified atom stereocenters. The SMILES string of the molecule is CCCCCCCCCCC(=O)OC[C@H](COP(=O)(O)OCC[N+](C)(C)C)OC(=O)CCC. The van der Waals surface area contributed by atoms with Crippen LogP contribution in [0.3, 0.4) is 0 Å². The molecule has 0 aromatic heterocycles. The molecule has 0 fully saturated rings. The summed E-state index contributed by atoms with van der Waals surface area (Å²) in [6, 6.07) is 0. The monoisotopic (exact) mass is 496 g/mol. The first-order valence-electron chi connectivity index (χ1n) is 12.3. The van der Waals surface area contributed by atoms with Gasteiger partial charge in [-0.2, -0.15) is 0 Å². The van der Waals surface area contributed by atoms with Crippen LogP contribution in [0.1, 0.15) is 84.5 Å². The van der Waals surface area contributed by atoms with Crippen molar-refractivity contribution in [1.82, 2.24) is 0 Å². The van der Waals surface area contributed by atoms with Crippen molar-refractivity contribution in [3.63, 3.8) is 0 Å². The van der Waals surface area contributed by atoms with Gasteiger partial charge >= 0.3 is 19.8 Å². The van der Waals surface area contributed by atoms with E-state index in [1.54, 1.807) is 0 Å². The Kier molecular flexibility index (Phi) is 17.8. The van der Waals surface area contributed by atoms with Gasteiger partial charge in [0.25, 0.3) is 0 Å². The Morgan fingerprint density at radius 1 is 0.818 bits per heavy atom. The second kappa shape index (κ2) is 18.4. The van der Waals surface area contributed by atoms with Crippen LogP contribution in [0.15, 0.2) is 0 Å². The van der Waals surface area contributed by atoms with Crippen LogP contribution in [0.2, 0.25) is 0 Å². The van der Waals surface area contributed by atoms with Crippen LogP contribution >= 0.6 is 7.82 Å². The molecule has 0 rings (SSSR count). The summed E-state index contributed by atoms with van der Waals surface area (Å²) in [5, 5.41) is 0. The van der Waals surface area contributed by atoms with Crippen molar-refractivity contribution in [3.05, 3.63) is 0 Å². The molecule has 0 aliphatic rings. The Morgan fingerprint density at radius 2 is 1.42 bits per heavy atom. The minimum Gasteiger partial charge on any atom is -0.462 e. The topological polar surface area (TPSA) is 108 Å². The highest BCUT2D eigenvalue weighted by Gasteiger charge is 2.26. The number of carbonyl (C=O) groups excluding carboxylic acids is 2. The summed E-state index contributed by atoms with van der Waals surface area (Å²) in [6.45, 7) is 3.93. The number of likely N-dealkylation sites (N-methyl/N-ethyl adjacent to an activating group) is 1. The zero-order valence-corrected chi connectivity index (χ0v) is 22.3. The van der Waals surface area contributed by atoms with Gasteiger partial charge in [-0.25, -0.2) is 4.57 Å². The molecular formula is C23H47NO8P+. The van der Waals surface area contributed by atoms with Crippen molar-refractivity contribution >= 4 is 19.8 Å². The number of quaternary nitrogens is 1. The van der Waals surface area contributed by atoms with Crippen LogP contribution in [-0.4, -0.2) is 74.9 Å². The molecule has 10 heteroatoms. The number of hydrogen-bond acceptors (Lipinski definition) is 7. The minimum atomic E-state index is -4.32. The van der Waals surface area contributed by atoms with Crippen LogP contribution in [0.5, 0.6) is 0 Å². The highest BCUT2D eigenvalue weighted by molar-refractivity contribution is 7.47. The summed E-state index contributed by atoms with van der Waals surface area (Å²) >= 11 is 0. The van der Waals surface area contributed by atoms with Gasteiger partial charge in [-0.3, -0.25) is 18.6 Å². The number of phosphoric acid groups is 1. The summed E-state index contributed by atoms with van der Waals surface area (Å²) < 4.78 is 33.1. The van der Waals surface area contributed by atoms with E-state index in [4.69, 9.17) is 18.5 Å². The molecule has 0 amide bonds. The van der Waals surface area contributed by atoms with Crippen molar-refractivity contribution in [1.29, 1.82) is 0 Å². The molecule has 0 radical (unpaired) electrons. The summed E-state index contributed by atoms with van der Waals surface area (Å²) in [6.07, 6.45) is 9.09. The molecule has 1 N–H and O–H groups in total. The Labute approximate surface area is 200 Å². The zero-order chi connectivity index (χ0) is 25.2. The Balaban J connectivity index is 4.37. The van der Waals surface area contributed by atoms with Gasteiger partial charge in [0.05, 0.1) is 27.7 Å². The van der Waals surface area contributed by atoms with Gasteiger partial charge in [-0.15, -0.1) is 0 Å². The van der Waals surface area contributed by atoms with E-state index < -0.39 is 26.5 Å². The highest BCUT2D eigenvalue weighted by Crippen LogP contribution is 2.43. The quantitative estimate of drug-likeness (QED) is 0.106. The van der Waals surface area contributed by atoms with Crippen LogP contribution in [0, 0.1) is 0 Å². The van der Waals surface area contributed by atoms with Gasteiger partial charge in [0, 0.05) is 12.8 Å². The van der Waals surface area contributed by atoms with Crippen molar-refractivity contribution in [3.8, 4) is 0 Å². The van der Waals surface area contributed by atoms with Gasteiger partial charge < -0.3 is 18.9 Å². The molecule has 0 aromatic rings. The molecule has 0 aromatic carbocycles. The number of ether oxygens (including phenoxy) is 2. The van der Waals surface area contributed by atoms with E-state index in [0.29, 0.717) is 17.4 Å². The smallest absolute Gasteiger partial charge is 0.462 e. The summed E-state index contributed by atoms with van der Waals surface area (Å²) in [4.78, 5) is 33.8. The summed E-state index contributed by atoms with van der Waals surface area (Å²) in [7, 11) is 1.47.